The maximum Gasteiger partial charge on any atom is 0.328 e. The van der Waals surface area contributed by atoms with E-state index in [4.69, 9.17) is 5.11 Å². The lowest BCUT2D eigenvalue weighted by atomic mass is 10.1. The number of benzene rings is 1. The van der Waals surface area contributed by atoms with Crippen molar-refractivity contribution in [3.63, 3.8) is 0 Å². The van der Waals surface area contributed by atoms with Crippen LogP contribution in [0.15, 0.2) is 36.4 Å². The van der Waals surface area contributed by atoms with Crippen LogP contribution in [0.4, 0.5) is 8.78 Å². The number of hydrogen-bond acceptors (Lipinski definition) is 1. The summed E-state index contributed by atoms with van der Waals surface area (Å²) in [7, 11) is 0. The van der Waals surface area contributed by atoms with Crippen LogP contribution in [0.5, 0.6) is 0 Å². The number of carboxylic acids is 1. The summed E-state index contributed by atoms with van der Waals surface area (Å²) in [5.41, 5.74) is -0.247. The highest BCUT2D eigenvalue weighted by atomic mass is 19.3. The molecule has 1 N–H and O–H groups in total. The van der Waals surface area contributed by atoms with Crippen LogP contribution in [0.2, 0.25) is 0 Å². The Kier molecular flexibility index (Phi) is 3.34. The number of hydrogen-bond donors (Lipinski definition) is 1. The molecule has 0 heterocycles. The van der Waals surface area contributed by atoms with E-state index in [9.17, 15) is 13.6 Å². The first-order valence-corrected chi connectivity index (χ1v) is 3.89. The first kappa shape index (κ1) is 10.4. The normalized spacial score (nSPS) is 11.8. The second-order valence-corrected chi connectivity index (χ2v) is 2.60. The molecule has 0 atom stereocenters. The Morgan fingerprint density at radius 1 is 1.29 bits per heavy atom. The number of carboxylic acid groups (broad SMARTS) is 1. The fourth-order valence-corrected chi connectivity index (χ4v) is 1.04. The molecule has 14 heavy (non-hydrogen) atoms. The minimum absolute atomic E-state index is 0.227. The van der Waals surface area contributed by atoms with Gasteiger partial charge in [0.05, 0.1) is 0 Å². The van der Waals surface area contributed by atoms with Crippen molar-refractivity contribution >= 4 is 11.5 Å². The number of alkyl halides is 2. The Morgan fingerprint density at radius 2 is 1.86 bits per heavy atom. The second-order valence-electron chi connectivity index (χ2n) is 2.60. The van der Waals surface area contributed by atoms with Crippen molar-refractivity contribution in [2.75, 3.05) is 0 Å². The quantitative estimate of drug-likeness (QED) is 0.757. The van der Waals surface area contributed by atoms with E-state index in [1.54, 1.807) is 18.2 Å². The van der Waals surface area contributed by atoms with Crippen LogP contribution in [0, 0.1) is 0 Å². The van der Waals surface area contributed by atoms with E-state index in [0.717, 1.165) is 0 Å². The molecule has 0 aromatic heterocycles. The third-order valence-electron chi connectivity index (χ3n) is 1.62. The highest BCUT2D eigenvalue weighted by Crippen LogP contribution is 2.21. The molecule has 4 heteroatoms. The SMILES string of the molecule is O=C(O)/C=C(/c1ccccc1)C(F)F. The van der Waals surface area contributed by atoms with E-state index >= 15 is 0 Å². The Labute approximate surface area is 79.5 Å². The average molecular weight is 198 g/mol. The molecule has 1 aromatic carbocycles. The Hall–Kier alpha value is -1.71. The summed E-state index contributed by atoms with van der Waals surface area (Å²) in [6.45, 7) is 0. The first-order chi connectivity index (χ1) is 6.61. The number of halogens is 2. The summed E-state index contributed by atoms with van der Waals surface area (Å²) in [6.07, 6.45) is -2.26. The van der Waals surface area contributed by atoms with Gasteiger partial charge >= 0.3 is 5.97 Å². The molecule has 0 bridgehead atoms. The van der Waals surface area contributed by atoms with Crippen LogP contribution in [-0.4, -0.2) is 17.5 Å². The van der Waals surface area contributed by atoms with E-state index in [1.807, 2.05) is 0 Å². The van der Waals surface area contributed by atoms with Crippen molar-refractivity contribution in [2.24, 2.45) is 0 Å². The lowest BCUT2D eigenvalue weighted by Crippen LogP contribution is -2.00. The average Bonchev–Trinajstić information content (AvgIpc) is 2.15. The fraction of sp³-hybridized carbons (Fsp3) is 0.100. The van der Waals surface area contributed by atoms with Crippen LogP contribution in [0.1, 0.15) is 5.56 Å². The van der Waals surface area contributed by atoms with Gasteiger partial charge in [-0.1, -0.05) is 30.3 Å². The zero-order valence-corrected chi connectivity index (χ0v) is 7.15. The Bertz CT molecular complexity index is 344. The molecular formula is C10H8F2O2. The van der Waals surface area contributed by atoms with E-state index in [0.29, 0.717) is 6.08 Å². The lowest BCUT2D eigenvalue weighted by molar-refractivity contribution is -0.131. The van der Waals surface area contributed by atoms with Crippen molar-refractivity contribution in [3.05, 3.63) is 42.0 Å². The van der Waals surface area contributed by atoms with Gasteiger partial charge in [0.25, 0.3) is 6.43 Å². The van der Waals surface area contributed by atoms with Crippen LogP contribution in [-0.2, 0) is 4.79 Å². The van der Waals surface area contributed by atoms with Crippen LogP contribution in [0.3, 0.4) is 0 Å². The van der Waals surface area contributed by atoms with E-state index < -0.39 is 18.0 Å². The molecule has 1 aromatic rings. The molecule has 0 fully saturated rings. The molecule has 0 saturated carbocycles. The molecule has 1 rings (SSSR count). The van der Waals surface area contributed by atoms with Crippen molar-refractivity contribution in [3.8, 4) is 0 Å². The van der Waals surface area contributed by atoms with Crippen LogP contribution >= 0.6 is 0 Å². The third kappa shape index (κ3) is 2.65. The van der Waals surface area contributed by atoms with Gasteiger partial charge in [-0.15, -0.1) is 0 Å². The molecule has 0 saturated heterocycles. The minimum Gasteiger partial charge on any atom is -0.478 e. The smallest absolute Gasteiger partial charge is 0.328 e. The highest BCUT2D eigenvalue weighted by Gasteiger charge is 2.14. The zero-order valence-electron chi connectivity index (χ0n) is 7.15. The predicted octanol–water partition coefficient (Wildman–Crippen LogP) is 2.42. The van der Waals surface area contributed by atoms with E-state index in [-0.39, 0.29) is 5.56 Å². The summed E-state index contributed by atoms with van der Waals surface area (Å²) in [6, 6.07) is 7.72. The topological polar surface area (TPSA) is 37.3 Å². The third-order valence-corrected chi connectivity index (χ3v) is 1.62. The lowest BCUT2D eigenvalue weighted by Gasteiger charge is -2.04. The Balaban J connectivity index is 3.08. The van der Waals surface area contributed by atoms with Gasteiger partial charge < -0.3 is 5.11 Å². The molecule has 0 amide bonds. The fourth-order valence-electron chi connectivity index (χ4n) is 1.04. The zero-order chi connectivity index (χ0) is 10.6. The van der Waals surface area contributed by atoms with Crippen molar-refractivity contribution in [2.45, 2.75) is 6.43 Å². The van der Waals surface area contributed by atoms with E-state index in [2.05, 4.69) is 0 Å². The molecule has 0 spiro atoms. The molecule has 2 nitrogen and oxygen atoms in total. The minimum atomic E-state index is -2.78. The van der Waals surface area contributed by atoms with Crippen LogP contribution in [0.25, 0.3) is 5.57 Å². The number of carbonyl (C=O) groups is 1. The van der Waals surface area contributed by atoms with Gasteiger partial charge in [0, 0.05) is 11.6 Å². The van der Waals surface area contributed by atoms with Crippen molar-refractivity contribution < 1.29 is 18.7 Å². The van der Waals surface area contributed by atoms with Gasteiger partial charge in [0.2, 0.25) is 0 Å². The van der Waals surface area contributed by atoms with Gasteiger partial charge in [0.15, 0.2) is 0 Å². The molecule has 0 aliphatic rings. The summed E-state index contributed by atoms with van der Waals surface area (Å²) in [5.74, 6) is -1.37. The molecule has 74 valence electrons. The number of rotatable bonds is 3. The standard InChI is InChI=1S/C10H8F2O2/c11-10(12)8(6-9(13)14)7-4-2-1-3-5-7/h1-6,10H,(H,13,14)/b8-6-. The van der Waals surface area contributed by atoms with Gasteiger partial charge in [0.1, 0.15) is 0 Å². The summed E-state index contributed by atoms with van der Waals surface area (Å²) >= 11 is 0. The van der Waals surface area contributed by atoms with E-state index in [1.165, 1.54) is 12.1 Å². The predicted molar refractivity (Wildman–Crippen MR) is 48.1 cm³/mol. The summed E-state index contributed by atoms with van der Waals surface area (Å²) in [4.78, 5) is 10.3. The number of allylic oxidation sites excluding steroid dienone is 1. The maximum atomic E-state index is 12.4. The van der Waals surface area contributed by atoms with Crippen molar-refractivity contribution in [1.29, 1.82) is 0 Å². The molecule has 0 unspecified atom stereocenters. The summed E-state index contributed by atoms with van der Waals surface area (Å²) < 4.78 is 24.8. The Morgan fingerprint density at radius 3 is 2.29 bits per heavy atom. The van der Waals surface area contributed by atoms with Crippen molar-refractivity contribution in [1.82, 2.24) is 0 Å². The molecular weight excluding hydrogens is 190 g/mol. The number of aliphatic carboxylic acids is 1. The highest BCUT2D eigenvalue weighted by molar-refractivity contribution is 5.90. The van der Waals surface area contributed by atoms with Crippen LogP contribution < -0.4 is 0 Å². The van der Waals surface area contributed by atoms with Gasteiger partial charge in [-0.05, 0) is 5.56 Å². The summed E-state index contributed by atoms with van der Waals surface area (Å²) in [5, 5.41) is 8.38. The van der Waals surface area contributed by atoms with Gasteiger partial charge in [-0.3, -0.25) is 0 Å². The molecule has 0 radical (unpaired) electrons. The monoisotopic (exact) mass is 198 g/mol. The first-order valence-electron chi connectivity index (χ1n) is 3.89. The largest absolute Gasteiger partial charge is 0.478 e. The molecule has 0 aliphatic carbocycles. The molecule has 0 aliphatic heterocycles. The maximum absolute atomic E-state index is 12.4. The second kappa shape index (κ2) is 4.50. The van der Waals surface area contributed by atoms with Gasteiger partial charge in [-0.25, -0.2) is 13.6 Å². The van der Waals surface area contributed by atoms with Gasteiger partial charge in [-0.2, -0.15) is 0 Å².